The summed E-state index contributed by atoms with van der Waals surface area (Å²) in [5.41, 5.74) is 5.20. The van der Waals surface area contributed by atoms with Gasteiger partial charge in [0.25, 0.3) is 5.91 Å². The second-order valence-corrected chi connectivity index (χ2v) is 9.04. The van der Waals surface area contributed by atoms with Gasteiger partial charge in [-0.25, -0.2) is 9.67 Å². The molecular weight excluding hydrogens is 404 g/mol. The molecule has 1 saturated heterocycles. The highest BCUT2D eigenvalue weighted by Gasteiger charge is 2.24. The molecule has 0 aliphatic carbocycles. The molecule has 0 unspecified atom stereocenters. The number of hydrogen-bond acceptors (Lipinski definition) is 4. The number of carbonyl (C=O) groups is 1. The maximum Gasteiger partial charge on any atom is 0.265 e. The molecule has 0 spiro atoms. The molecule has 2 aromatic heterocycles. The second kappa shape index (κ2) is 8.28. The van der Waals surface area contributed by atoms with Gasteiger partial charge in [0.05, 0.1) is 11.4 Å². The summed E-state index contributed by atoms with van der Waals surface area (Å²) in [5, 5.41) is 6.23. The fraction of sp³-hybridized carbons (Fsp3) is 0.409. The Morgan fingerprint density at radius 3 is 2.45 bits per heavy atom. The smallest absolute Gasteiger partial charge is 0.265 e. The third kappa shape index (κ3) is 4.09. The van der Waals surface area contributed by atoms with E-state index in [0.29, 0.717) is 0 Å². The van der Waals surface area contributed by atoms with Crippen molar-refractivity contribution < 1.29 is 4.79 Å². The van der Waals surface area contributed by atoms with Gasteiger partial charge in [0.2, 0.25) is 5.13 Å². The first-order valence-corrected chi connectivity index (χ1v) is 11.2. The van der Waals surface area contributed by atoms with Gasteiger partial charge in [0.15, 0.2) is 0 Å². The molecule has 0 saturated carbocycles. The highest BCUT2D eigenvalue weighted by Crippen LogP contribution is 2.28. The van der Waals surface area contributed by atoms with Crippen LogP contribution in [0.2, 0.25) is 5.02 Å². The Labute approximate surface area is 180 Å². The summed E-state index contributed by atoms with van der Waals surface area (Å²) >= 11 is 7.45. The summed E-state index contributed by atoms with van der Waals surface area (Å²) < 4.78 is 1.88. The van der Waals surface area contributed by atoms with E-state index >= 15 is 0 Å². The maximum absolute atomic E-state index is 12.9. The second-order valence-electron chi connectivity index (χ2n) is 7.63. The number of thiazole rings is 1. The predicted octanol–water partition coefficient (Wildman–Crippen LogP) is 5.12. The van der Waals surface area contributed by atoms with Crippen LogP contribution in [0.5, 0.6) is 0 Å². The standard InChI is InChI=1S/C22H25ClN4OS/c1-14-19(13-17-7-9-18(23)10-8-17)16(3)27(25-14)22-24-15(2)20(29-22)21(28)26-11-5-4-6-12-26/h7-10H,4-6,11-13H2,1-3H3. The minimum atomic E-state index is 0.105. The van der Waals surface area contributed by atoms with Crippen molar-refractivity contribution in [2.24, 2.45) is 0 Å². The Balaban J connectivity index is 1.62. The average molecular weight is 429 g/mol. The molecule has 29 heavy (non-hydrogen) atoms. The largest absolute Gasteiger partial charge is 0.338 e. The zero-order chi connectivity index (χ0) is 20.5. The van der Waals surface area contributed by atoms with Gasteiger partial charge in [-0.2, -0.15) is 5.10 Å². The number of amides is 1. The van der Waals surface area contributed by atoms with Crippen LogP contribution < -0.4 is 0 Å². The lowest BCUT2D eigenvalue weighted by Gasteiger charge is -2.26. The van der Waals surface area contributed by atoms with Gasteiger partial charge in [0, 0.05) is 35.8 Å². The molecule has 0 bridgehead atoms. The zero-order valence-electron chi connectivity index (χ0n) is 17.0. The van der Waals surface area contributed by atoms with Crippen molar-refractivity contribution >= 4 is 28.8 Å². The summed E-state index contributed by atoms with van der Waals surface area (Å²) in [4.78, 5) is 20.3. The molecule has 1 aliphatic heterocycles. The highest BCUT2D eigenvalue weighted by atomic mass is 35.5. The molecule has 3 aromatic rings. The molecule has 3 heterocycles. The fourth-order valence-electron chi connectivity index (χ4n) is 3.84. The van der Waals surface area contributed by atoms with Crippen molar-refractivity contribution in [3.8, 4) is 5.13 Å². The summed E-state index contributed by atoms with van der Waals surface area (Å²) in [7, 11) is 0. The summed E-state index contributed by atoms with van der Waals surface area (Å²) in [5.74, 6) is 0.105. The van der Waals surface area contributed by atoms with Gasteiger partial charge in [-0.3, -0.25) is 4.79 Å². The molecule has 1 amide bonds. The molecular formula is C22H25ClN4OS. The van der Waals surface area contributed by atoms with Gasteiger partial charge in [0.1, 0.15) is 4.88 Å². The van der Waals surface area contributed by atoms with Crippen LogP contribution in [0.25, 0.3) is 5.13 Å². The van der Waals surface area contributed by atoms with Crippen LogP contribution in [0.3, 0.4) is 0 Å². The van der Waals surface area contributed by atoms with Gasteiger partial charge >= 0.3 is 0 Å². The maximum atomic E-state index is 12.9. The van der Waals surface area contributed by atoms with Crippen LogP contribution >= 0.6 is 22.9 Å². The third-order valence-electron chi connectivity index (χ3n) is 5.54. The average Bonchev–Trinajstić information content (AvgIpc) is 3.24. The molecule has 1 aliphatic rings. The van der Waals surface area contributed by atoms with Gasteiger partial charge < -0.3 is 4.90 Å². The van der Waals surface area contributed by atoms with Crippen molar-refractivity contribution in [1.82, 2.24) is 19.7 Å². The Bertz CT molecular complexity index is 1030. The number of benzene rings is 1. The van der Waals surface area contributed by atoms with Crippen molar-refractivity contribution in [3.05, 3.63) is 62.4 Å². The Hall–Kier alpha value is -2.18. The van der Waals surface area contributed by atoms with Gasteiger partial charge in [-0.05, 0) is 57.7 Å². The van der Waals surface area contributed by atoms with E-state index in [0.717, 1.165) is 64.5 Å². The van der Waals surface area contributed by atoms with E-state index in [9.17, 15) is 4.79 Å². The summed E-state index contributed by atoms with van der Waals surface area (Å²) in [6.07, 6.45) is 4.17. The first kappa shape index (κ1) is 20.1. The molecule has 0 radical (unpaired) electrons. The lowest BCUT2D eigenvalue weighted by atomic mass is 10.0. The fourth-order valence-corrected chi connectivity index (χ4v) is 5.00. The number of aromatic nitrogens is 3. The van der Waals surface area contributed by atoms with E-state index in [1.54, 1.807) is 0 Å². The van der Waals surface area contributed by atoms with E-state index in [1.165, 1.54) is 28.9 Å². The van der Waals surface area contributed by atoms with Crippen LogP contribution in [0.15, 0.2) is 24.3 Å². The van der Waals surface area contributed by atoms with Crippen molar-refractivity contribution in [1.29, 1.82) is 0 Å². The molecule has 4 rings (SSSR count). The first-order valence-electron chi connectivity index (χ1n) is 10.0. The summed E-state index contributed by atoms with van der Waals surface area (Å²) in [6, 6.07) is 7.91. The van der Waals surface area contributed by atoms with E-state index < -0.39 is 0 Å². The number of halogens is 1. The van der Waals surface area contributed by atoms with Crippen LogP contribution in [0.4, 0.5) is 0 Å². The van der Waals surface area contributed by atoms with Crippen molar-refractivity contribution in [3.63, 3.8) is 0 Å². The van der Waals surface area contributed by atoms with Crippen LogP contribution in [0, 0.1) is 20.8 Å². The number of carbonyl (C=O) groups excluding carboxylic acids is 1. The van der Waals surface area contributed by atoms with Crippen molar-refractivity contribution in [2.75, 3.05) is 13.1 Å². The quantitative estimate of drug-likeness (QED) is 0.579. The lowest BCUT2D eigenvalue weighted by Crippen LogP contribution is -2.35. The summed E-state index contributed by atoms with van der Waals surface area (Å²) in [6.45, 7) is 7.69. The number of piperidine rings is 1. The van der Waals surface area contributed by atoms with Gasteiger partial charge in [-0.15, -0.1) is 0 Å². The van der Waals surface area contributed by atoms with Crippen molar-refractivity contribution in [2.45, 2.75) is 46.5 Å². The van der Waals surface area contributed by atoms with E-state index in [4.69, 9.17) is 16.7 Å². The minimum absolute atomic E-state index is 0.105. The molecule has 0 N–H and O–H groups in total. The molecule has 5 nitrogen and oxygen atoms in total. The molecule has 152 valence electrons. The number of likely N-dealkylation sites (tertiary alicyclic amines) is 1. The van der Waals surface area contributed by atoms with E-state index in [1.807, 2.05) is 47.7 Å². The number of rotatable bonds is 4. The van der Waals surface area contributed by atoms with E-state index in [2.05, 4.69) is 11.9 Å². The first-order chi connectivity index (χ1) is 13.9. The SMILES string of the molecule is Cc1nc(-n2nc(C)c(Cc3ccc(Cl)cc3)c2C)sc1C(=O)N1CCCCC1. The van der Waals surface area contributed by atoms with Crippen LogP contribution in [0.1, 0.15) is 57.1 Å². The predicted molar refractivity (Wildman–Crippen MR) is 117 cm³/mol. The van der Waals surface area contributed by atoms with Crippen LogP contribution in [-0.2, 0) is 6.42 Å². The zero-order valence-corrected chi connectivity index (χ0v) is 18.6. The molecule has 0 atom stereocenters. The monoisotopic (exact) mass is 428 g/mol. The minimum Gasteiger partial charge on any atom is -0.338 e. The van der Waals surface area contributed by atoms with Gasteiger partial charge in [-0.1, -0.05) is 35.1 Å². The van der Waals surface area contributed by atoms with E-state index in [-0.39, 0.29) is 5.91 Å². The number of hydrogen-bond donors (Lipinski definition) is 0. The highest BCUT2D eigenvalue weighted by molar-refractivity contribution is 7.16. The molecule has 1 fully saturated rings. The number of nitrogens with zero attached hydrogens (tertiary/aromatic N) is 4. The Morgan fingerprint density at radius 2 is 1.76 bits per heavy atom. The normalized spacial score (nSPS) is 14.4. The molecule has 7 heteroatoms. The Morgan fingerprint density at radius 1 is 1.07 bits per heavy atom. The topological polar surface area (TPSA) is 51.0 Å². The number of aryl methyl sites for hydroxylation is 2. The lowest BCUT2D eigenvalue weighted by molar-refractivity contribution is 0.0728. The van der Waals surface area contributed by atoms with Crippen LogP contribution in [-0.4, -0.2) is 38.7 Å². The Kier molecular flexibility index (Phi) is 5.74. The third-order valence-corrected chi connectivity index (χ3v) is 6.91. The molecule has 1 aromatic carbocycles.